The summed E-state index contributed by atoms with van der Waals surface area (Å²) in [6.07, 6.45) is 0.558. The zero-order valence-electron chi connectivity index (χ0n) is 10.3. The minimum absolute atomic E-state index is 0.0298. The van der Waals surface area contributed by atoms with E-state index in [4.69, 9.17) is 22.1 Å². The number of sulfonamides is 1. The number of nitrogens with two attached hydrogens (primary N) is 1. The van der Waals surface area contributed by atoms with Gasteiger partial charge in [0.05, 0.1) is 7.11 Å². The number of benzene rings is 1. The zero-order chi connectivity index (χ0) is 13.8. The van der Waals surface area contributed by atoms with Gasteiger partial charge in [0.15, 0.2) is 0 Å². The molecule has 1 atom stereocenters. The van der Waals surface area contributed by atoms with Gasteiger partial charge in [-0.05, 0) is 31.5 Å². The number of hydrogen-bond donors (Lipinski definition) is 2. The van der Waals surface area contributed by atoms with Crippen molar-refractivity contribution in [2.24, 2.45) is 5.73 Å². The minimum atomic E-state index is -3.64. The molecule has 0 saturated carbocycles. The van der Waals surface area contributed by atoms with E-state index in [0.717, 1.165) is 0 Å². The van der Waals surface area contributed by atoms with Crippen molar-refractivity contribution in [3.63, 3.8) is 0 Å². The van der Waals surface area contributed by atoms with Gasteiger partial charge in [-0.3, -0.25) is 0 Å². The average Bonchev–Trinajstić information content (AvgIpc) is 2.28. The van der Waals surface area contributed by atoms with Crippen LogP contribution >= 0.6 is 11.6 Å². The maximum Gasteiger partial charge on any atom is 0.244 e. The van der Waals surface area contributed by atoms with Crippen LogP contribution in [0.2, 0.25) is 5.02 Å². The summed E-state index contributed by atoms with van der Waals surface area (Å²) in [6.45, 7) is 2.09. The monoisotopic (exact) mass is 292 g/mol. The maximum absolute atomic E-state index is 12.1. The molecule has 1 aromatic carbocycles. The molecule has 0 aliphatic carbocycles. The van der Waals surface area contributed by atoms with Gasteiger partial charge < -0.3 is 10.5 Å². The minimum Gasteiger partial charge on any atom is -0.495 e. The Morgan fingerprint density at radius 1 is 1.50 bits per heavy atom. The van der Waals surface area contributed by atoms with Crippen molar-refractivity contribution in [3.05, 3.63) is 23.2 Å². The predicted molar refractivity (Wildman–Crippen MR) is 71.5 cm³/mol. The van der Waals surface area contributed by atoms with E-state index in [0.29, 0.717) is 11.4 Å². The largest absolute Gasteiger partial charge is 0.495 e. The second kappa shape index (κ2) is 6.38. The second-order valence-electron chi connectivity index (χ2n) is 3.96. The number of hydrogen-bond acceptors (Lipinski definition) is 4. The van der Waals surface area contributed by atoms with E-state index in [9.17, 15) is 8.42 Å². The lowest BCUT2D eigenvalue weighted by Gasteiger charge is -2.11. The first-order chi connectivity index (χ1) is 8.36. The lowest BCUT2D eigenvalue weighted by molar-refractivity contribution is 0.402. The summed E-state index contributed by atoms with van der Waals surface area (Å²) in [5, 5.41) is 0.336. The van der Waals surface area contributed by atoms with Crippen molar-refractivity contribution in [1.29, 1.82) is 0 Å². The van der Waals surface area contributed by atoms with Gasteiger partial charge in [-0.1, -0.05) is 11.6 Å². The normalized spacial score (nSPS) is 13.3. The Morgan fingerprint density at radius 2 is 2.17 bits per heavy atom. The highest BCUT2D eigenvalue weighted by Crippen LogP contribution is 2.26. The molecule has 3 N–H and O–H groups in total. The molecular formula is C11H17ClN2O3S. The van der Waals surface area contributed by atoms with Crippen molar-refractivity contribution in [3.8, 4) is 5.75 Å². The van der Waals surface area contributed by atoms with Gasteiger partial charge in [0.25, 0.3) is 0 Å². The first kappa shape index (κ1) is 15.2. The third kappa shape index (κ3) is 4.13. The molecular weight excluding hydrogens is 276 g/mol. The van der Waals surface area contributed by atoms with E-state index >= 15 is 0 Å². The van der Waals surface area contributed by atoms with E-state index in [1.165, 1.54) is 19.2 Å². The van der Waals surface area contributed by atoms with Crippen LogP contribution in [0.5, 0.6) is 5.75 Å². The van der Waals surface area contributed by atoms with Crippen LogP contribution in [0, 0.1) is 0 Å². The highest BCUT2D eigenvalue weighted by atomic mass is 35.5. The lowest BCUT2D eigenvalue weighted by Crippen LogP contribution is -2.29. The molecule has 1 unspecified atom stereocenters. The quantitative estimate of drug-likeness (QED) is 0.829. The van der Waals surface area contributed by atoms with E-state index in [2.05, 4.69) is 4.72 Å². The molecule has 0 heterocycles. The van der Waals surface area contributed by atoms with Crippen molar-refractivity contribution in [2.75, 3.05) is 13.7 Å². The van der Waals surface area contributed by atoms with Crippen LogP contribution in [0.3, 0.4) is 0 Å². The van der Waals surface area contributed by atoms with Crippen molar-refractivity contribution < 1.29 is 13.2 Å². The summed E-state index contributed by atoms with van der Waals surface area (Å²) in [7, 11) is -2.23. The Kier molecular flexibility index (Phi) is 5.40. The van der Waals surface area contributed by atoms with E-state index in [-0.39, 0.29) is 23.2 Å². The third-order valence-corrected chi connectivity index (χ3v) is 4.02. The Bertz CT molecular complexity index is 503. The highest BCUT2D eigenvalue weighted by molar-refractivity contribution is 7.89. The van der Waals surface area contributed by atoms with Gasteiger partial charge in [0.2, 0.25) is 10.0 Å². The Labute approximate surface area is 112 Å². The fraction of sp³-hybridized carbons (Fsp3) is 0.455. The van der Waals surface area contributed by atoms with E-state index in [1.54, 1.807) is 6.07 Å². The first-order valence-electron chi connectivity index (χ1n) is 5.45. The third-order valence-electron chi connectivity index (χ3n) is 2.31. The van der Waals surface area contributed by atoms with Crippen LogP contribution in [0.15, 0.2) is 23.1 Å². The summed E-state index contributed by atoms with van der Waals surface area (Å²) >= 11 is 5.80. The molecule has 5 nitrogen and oxygen atoms in total. The highest BCUT2D eigenvalue weighted by Gasteiger charge is 2.19. The van der Waals surface area contributed by atoms with Gasteiger partial charge >= 0.3 is 0 Å². The zero-order valence-corrected chi connectivity index (χ0v) is 11.9. The van der Waals surface area contributed by atoms with Crippen LogP contribution in [0.25, 0.3) is 0 Å². The van der Waals surface area contributed by atoms with Crippen LogP contribution in [0.1, 0.15) is 13.3 Å². The molecule has 0 aromatic heterocycles. The molecule has 0 saturated heterocycles. The summed E-state index contributed by atoms with van der Waals surface area (Å²) in [4.78, 5) is 0.0298. The molecule has 0 bridgehead atoms. The van der Waals surface area contributed by atoms with E-state index in [1.807, 2.05) is 6.92 Å². The number of halogens is 1. The van der Waals surface area contributed by atoms with Crippen molar-refractivity contribution >= 4 is 21.6 Å². The summed E-state index contributed by atoms with van der Waals surface area (Å²) < 4.78 is 31.6. The number of rotatable bonds is 6. The fourth-order valence-corrected chi connectivity index (χ4v) is 2.84. The Balaban J connectivity index is 2.93. The van der Waals surface area contributed by atoms with Crippen molar-refractivity contribution in [2.45, 2.75) is 24.3 Å². The fourth-order valence-electron chi connectivity index (χ4n) is 1.36. The molecule has 1 aromatic rings. The van der Waals surface area contributed by atoms with Gasteiger partial charge in [-0.2, -0.15) is 0 Å². The van der Waals surface area contributed by atoms with Crippen LogP contribution in [-0.4, -0.2) is 28.1 Å². The van der Waals surface area contributed by atoms with Crippen LogP contribution in [-0.2, 0) is 10.0 Å². The van der Waals surface area contributed by atoms with Crippen LogP contribution in [0.4, 0.5) is 0 Å². The smallest absolute Gasteiger partial charge is 0.244 e. The average molecular weight is 293 g/mol. The summed E-state index contributed by atoms with van der Waals surface area (Å²) in [5.41, 5.74) is 5.56. The van der Waals surface area contributed by atoms with E-state index < -0.39 is 10.0 Å². The van der Waals surface area contributed by atoms with Gasteiger partial charge in [-0.15, -0.1) is 0 Å². The molecule has 0 fully saturated rings. The molecule has 102 valence electrons. The lowest BCUT2D eigenvalue weighted by atomic mass is 10.3. The first-order valence-corrected chi connectivity index (χ1v) is 7.31. The molecule has 1 rings (SSSR count). The second-order valence-corrected chi connectivity index (χ2v) is 6.13. The van der Waals surface area contributed by atoms with Crippen molar-refractivity contribution in [1.82, 2.24) is 4.72 Å². The standard InChI is InChI=1S/C11H17ClN2O3S/c1-8(13)5-6-14-18(15,16)11-7-9(12)3-4-10(11)17-2/h3-4,7-8,14H,5-6,13H2,1-2H3. The molecule has 0 spiro atoms. The maximum atomic E-state index is 12.1. The predicted octanol–water partition coefficient (Wildman–Crippen LogP) is 1.36. The Hall–Kier alpha value is -0.820. The molecule has 0 amide bonds. The molecule has 18 heavy (non-hydrogen) atoms. The van der Waals surface area contributed by atoms with Crippen LogP contribution < -0.4 is 15.2 Å². The summed E-state index contributed by atoms with van der Waals surface area (Å²) in [6, 6.07) is 4.38. The number of nitrogens with one attached hydrogen (secondary N) is 1. The Morgan fingerprint density at radius 3 is 2.72 bits per heavy atom. The molecule has 0 aliphatic heterocycles. The number of ether oxygens (including phenoxy) is 1. The SMILES string of the molecule is COc1ccc(Cl)cc1S(=O)(=O)NCCC(C)N. The van der Waals surface area contributed by atoms with Gasteiger partial charge in [0, 0.05) is 17.6 Å². The topological polar surface area (TPSA) is 81.4 Å². The van der Waals surface area contributed by atoms with Gasteiger partial charge in [-0.25, -0.2) is 13.1 Å². The summed E-state index contributed by atoms with van der Waals surface area (Å²) in [5.74, 6) is 0.257. The molecule has 7 heteroatoms. The van der Waals surface area contributed by atoms with Gasteiger partial charge in [0.1, 0.15) is 10.6 Å². The molecule has 0 aliphatic rings. The molecule has 0 radical (unpaired) electrons. The number of methoxy groups -OCH3 is 1.